The summed E-state index contributed by atoms with van der Waals surface area (Å²) in [6.45, 7) is 3.94. The highest BCUT2D eigenvalue weighted by molar-refractivity contribution is 6.30. The largest absolute Gasteiger partial charge is 0.375 e. The van der Waals surface area contributed by atoms with Crippen molar-refractivity contribution in [2.75, 3.05) is 7.11 Å². The predicted molar refractivity (Wildman–Crippen MR) is 93.4 cm³/mol. The molecule has 3 N–H and O–H groups in total. The minimum Gasteiger partial charge on any atom is -0.375 e. The first-order valence-corrected chi connectivity index (χ1v) is 8.60. The van der Waals surface area contributed by atoms with Crippen LogP contribution in [0.15, 0.2) is 24.3 Å². The fraction of sp³-hybridized carbons (Fsp3) is 0.611. The van der Waals surface area contributed by atoms with E-state index < -0.39 is 5.54 Å². The van der Waals surface area contributed by atoms with Gasteiger partial charge in [0.1, 0.15) is 6.10 Å². The number of ether oxygens (including phenoxy) is 1. The van der Waals surface area contributed by atoms with Gasteiger partial charge >= 0.3 is 0 Å². The van der Waals surface area contributed by atoms with Gasteiger partial charge < -0.3 is 15.8 Å². The second-order valence-electron chi connectivity index (χ2n) is 6.81. The standard InChI is InChI=1S/C18H27ClN2O2/c1-12(16(23-3)13-7-9-14(19)10-8-13)21-17(22)15-6-4-5-11-18(15,2)20/h7-10,12,15-16H,4-6,11,20H2,1-3H3,(H,21,22). The fourth-order valence-electron chi connectivity index (χ4n) is 3.47. The molecule has 2 rings (SSSR count). The zero-order valence-electron chi connectivity index (χ0n) is 14.1. The molecule has 1 saturated carbocycles. The molecule has 0 spiro atoms. The van der Waals surface area contributed by atoms with Crippen LogP contribution < -0.4 is 11.1 Å². The highest BCUT2D eigenvalue weighted by Gasteiger charge is 2.38. The maximum absolute atomic E-state index is 12.7. The average molecular weight is 339 g/mol. The molecule has 0 saturated heterocycles. The number of methoxy groups -OCH3 is 1. The number of benzene rings is 1. The molecule has 0 aliphatic heterocycles. The Balaban J connectivity index is 2.05. The van der Waals surface area contributed by atoms with Gasteiger partial charge in [-0.05, 0) is 44.4 Å². The summed E-state index contributed by atoms with van der Waals surface area (Å²) in [4.78, 5) is 12.7. The van der Waals surface area contributed by atoms with E-state index >= 15 is 0 Å². The van der Waals surface area contributed by atoms with Gasteiger partial charge in [0.15, 0.2) is 0 Å². The Kier molecular flexibility index (Phi) is 6.06. The lowest BCUT2D eigenvalue weighted by Crippen LogP contribution is -2.54. The summed E-state index contributed by atoms with van der Waals surface area (Å²) in [6.07, 6.45) is 3.68. The molecule has 4 nitrogen and oxygen atoms in total. The van der Waals surface area contributed by atoms with Crippen molar-refractivity contribution in [3.63, 3.8) is 0 Å². The first-order valence-electron chi connectivity index (χ1n) is 8.22. The predicted octanol–water partition coefficient (Wildman–Crippen LogP) is 3.44. The zero-order valence-corrected chi connectivity index (χ0v) is 14.9. The molecule has 128 valence electrons. The number of hydrogen-bond donors (Lipinski definition) is 2. The van der Waals surface area contributed by atoms with Crippen LogP contribution in [0, 0.1) is 5.92 Å². The van der Waals surface area contributed by atoms with Crippen molar-refractivity contribution in [1.29, 1.82) is 0 Å². The Hall–Kier alpha value is -1.10. The van der Waals surface area contributed by atoms with Gasteiger partial charge in [0.2, 0.25) is 5.91 Å². The van der Waals surface area contributed by atoms with E-state index in [0.29, 0.717) is 5.02 Å². The van der Waals surface area contributed by atoms with Crippen molar-refractivity contribution in [3.8, 4) is 0 Å². The second-order valence-corrected chi connectivity index (χ2v) is 7.25. The molecule has 1 amide bonds. The molecule has 1 aromatic carbocycles. The SMILES string of the molecule is COC(c1ccc(Cl)cc1)C(C)NC(=O)C1CCCCC1(C)N. The fourth-order valence-corrected chi connectivity index (χ4v) is 3.60. The Morgan fingerprint density at radius 1 is 1.39 bits per heavy atom. The van der Waals surface area contributed by atoms with Crippen LogP contribution in [0.1, 0.15) is 51.2 Å². The summed E-state index contributed by atoms with van der Waals surface area (Å²) in [6, 6.07) is 7.36. The maximum atomic E-state index is 12.7. The number of nitrogens with one attached hydrogen (secondary N) is 1. The van der Waals surface area contributed by atoms with Crippen molar-refractivity contribution >= 4 is 17.5 Å². The van der Waals surface area contributed by atoms with Crippen molar-refractivity contribution < 1.29 is 9.53 Å². The number of amides is 1. The van der Waals surface area contributed by atoms with Gasteiger partial charge in [-0.2, -0.15) is 0 Å². The quantitative estimate of drug-likeness (QED) is 0.864. The second kappa shape index (κ2) is 7.65. The summed E-state index contributed by atoms with van der Waals surface area (Å²) >= 11 is 5.93. The molecular formula is C18H27ClN2O2. The van der Waals surface area contributed by atoms with Gasteiger partial charge in [-0.3, -0.25) is 4.79 Å². The zero-order chi connectivity index (χ0) is 17.0. The van der Waals surface area contributed by atoms with E-state index in [9.17, 15) is 4.79 Å². The van der Waals surface area contributed by atoms with E-state index in [1.165, 1.54) is 0 Å². The number of rotatable bonds is 5. The van der Waals surface area contributed by atoms with Gasteiger partial charge in [0, 0.05) is 17.7 Å². The van der Waals surface area contributed by atoms with Crippen molar-refractivity contribution in [1.82, 2.24) is 5.32 Å². The molecule has 0 bridgehead atoms. The summed E-state index contributed by atoms with van der Waals surface area (Å²) in [5.74, 6) is -0.111. The van der Waals surface area contributed by atoms with Crippen LogP contribution in [-0.2, 0) is 9.53 Å². The third-order valence-electron chi connectivity index (χ3n) is 4.85. The lowest BCUT2D eigenvalue weighted by Gasteiger charge is -2.38. The summed E-state index contributed by atoms with van der Waals surface area (Å²) in [7, 11) is 1.65. The summed E-state index contributed by atoms with van der Waals surface area (Å²) < 4.78 is 5.59. The smallest absolute Gasteiger partial charge is 0.225 e. The van der Waals surface area contributed by atoms with Crippen molar-refractivity contribution in [3.05, 3.63) is 34.9 Å². The third kappa shape index (κ3) is 4.46. The molecule has 0 heterocycles. The van der Waals surface area contributed by atoms with Crippen LogP contribution in [0.2, 0.25) is 5.02 Å². The van der Waals surface area contributed by atoms with Crippen molar-refractivity contribution in [2.45, 2.75) is 57.2 Å². The molecule has 1 aromatic rings. The maximum Gasteiger partial charge on any atom is 0.225 e. The Morgan fingerprint density at radius 2 is 2.04 bits per heavy atom. The van der Waals surface area contributed by atoms with Gasteiger partial charge in [0.05, 0.1) is 12.0 Å². The van der Waals surface area contributed by atoms with E-state index in [1.54, 1.807) is 7.11 Å². The van der Waals surface area contributed by atoms with E-state index in [1.807, 2.05) is 38.1 Å². The lowest BCUT2D eigenvalue weighted by molar-refractivity contribution is -0.129. The number of hydrogen-bond acceptors (Lipinski definition) is 3. The average Bonchev–Trinajstić information content (AvgIpc) is 2.49. The first kappa shape index (κ1) is 18.2. The van der Waals surface area contributed by atoms with E-state index in [2.05, 4.69) is 5.32 Å². The molecule has 0 aromatic heterocycles. The number of carbonyl (C=O) groups excluding carboxylic acids is 1. The van der Waals surface area contributed by atoms with E-state index in [0.717, 1.165) is 31.2 Å². The molecule has 1 aliphatic rings. The van der Waals surface area contributed by atoms with Crippen molar-refractivity contribution in [2.24, 2.45) is 11.7 Å². The summed E-state index contributed by atoms with van der Waals surface area (Å²) in [5.41, 5.74) is 6.89. The van der Waals surface area contributed by atoms with E-state index in [4.69, 9.17) is 22.1 Å². The van der Waals surface area contributed by atoms with Crippen LogP contribution in [0.5, 0.6) is 0 Å². The minimum atomic E-state index is -0.426. The molecule has 23 heavy (non-hydrogen) atoms. The van der Waals surface area contributed by atoms with Crippen LogP contribution in [0.3, 0.4) is 0 Å². The molecule has 1 aliphatic carbocycles. The highest BCUT2D eigenvalue weighted by Crippen LogP contribution is 2.32. The molecular weight excluding hydrogens is 312 g/mol. The normalized spacial score (nSPS) is 27.3. The van der Waals surface area contributed by atoms with Gasteiger partial charge in [-0.25, -0.2) is 0 Å². The molecule has 1 fully saturated rings. The van der Waals surface area contributed by atoms with Crippen LogP contribution >= 0.6 is 11.6 Å². The molecule has 4 atom stereocenters. The Labute approximate surface area is 143 Å². The topological polar surface area (TPSA) is 64.3 Å². The molecule has 5 heteroatoms. The molecule has 4 unspecified atom stereocenters. The first-order chi connectivity index (χ1) is 10.8. The molecule has 0 radical (unpaired) electrons. The van der Waals surface area contributed by atoms with Crippen LogP contribution in [-0.4, -0.2) is 24.6 Å². The minimum absolute atomic E-state index is 0.0261. The van der Waals surface area contributed by atoms with E-state index in [-0.39, 0.29) is 24.0 Å². The van der Waals surface area contributed by atoms with Crippen LogP contribution in [0.4, 0.5) is 0 Å². The van der Waals surface area contributed by atoms with Gasteiger partial charge in [0.25, 0.3) is 0 Å². The monoisotopic (exact) mass is 338 g/mol. The Bertz CT molecular complexity index is 530. The highest BCUT2D eigenvalue weighted by atomic mass is 35.5. The Morgan fingerprint density at radius 3 is 2.61 bits per heavy atom. The number of nitrogens with two attached hydrogens (primary N) is 1. The van der Waals surface area contributed by atoms with Gasteiger partial charge in [-0.15, -0.1) is 0 Å². The number of carbonyl (C=O) groups is 1. The van der Waals surface area contributed by atoms with Crippen LogP contribution in [0.25, 0.3) is 0 Å². The third-order valence-corrected chi connectivity index (χ3v) is 5.10. The van der Waals surface area contributed by atoms with Gasteiger partial charge in [-0.1, -0.05) is 36.6 Å². The summed E-state index contributed by atoms with van der Waals surface area (Å²) in [5, 5.41) is 3.77. The lowest BCUT2D eigenvalue weighted by atomic mass is 9.74. The number of halogens is 1.